The fourth-order valence-corrected chi connectivity index (χ4v) is 2.44. The zero-order valence-electron chi connectivity index (χ0n) is 10.9. The number of hydrogen-bond acceptors (Lipinski definition) is 3. The standard InChI is InChI=1S/C14H17F2N3/c1-2-19-5-3-4-11(9-19)18-14-12(15)6-10(8-17)7-13(14)16/h6-7,11,18H,2-5,9H2,1H3. The molecule has 1 atom stereocenters. The van der Waals surface area contributed by atoms with Gasteiger partial charge in [0.1, 0.15) is 5.69 Å². The van der Waals surface area contributed by atoms with Crippen LogP contribution in [0.4, 0.5) is 14.5 Å². The maximum absolute atomic E-state index is 13.8. The maximum atomic E-state index is 13.8. The van der Waals surface area contributed by atoms with E-state index in [4.69, 9.17) is 5.26 Å². The quantitative estimate of drug-likeness (QED) is 0.913. The highest BCUT2D eigenvalue weighted by Crippen LogP contribution is 2.23. The molecule has 1 aromatic carbocycles. The molecular formula is C14H17F2N3. The molecule has 0 bridgehead atoms. The first-order valence-corrected chi connectivity index (χ1v) is 6.52. The summed E-state index contributed by atoms with van der Waals surface area (Å²) in [7, 11) is 0. The van der Waals surface area contributed by atoms with Crippen LogP contribution in [0.5, 0.6) is 0 Å². The van der Waals surface area contributed by atoms with E-state index in [2.05, 4.69) is 17.1 Å². The van der Waals surface area contributed by atoms with Gasteiger partial charge in [0.05, 0.1) is 11.6 Å². The van der Waals surface area contributed by atoms with Crippen molar-refractivity contribution in [2.75, 3.05) is 25.0 Å². The summed E-state index contributed by atoms with van der Waals surface area (Å²) in [5.74, 6) is -1.41. The van der Waals surface area contributed by atoms with Crippen molar-refractivity contribution >= 4 is 5.69 Å². The van der Waals surface area contributed by atoms with Crippen LogP contribution in [0.25, 0.3) is 0 Å². The van der Waals surface area contributed by atoms with Crippen LogP contribution in [0, 0.1) is 23.0 Å². The fraction of sp³-hybridized carbons (Fsp3) is 0.500. The molecule has 0 radical (unpaired) electrons. The lowest BCUT2D eigenvalue weighted by molar-refractivity contribution is 0.226. The van der Waals surface area contributed by atoms with Gasteiger partial charge in [0, 0.05) is 12.6 Å². The summed E-state index contributed by atoms with van der Waals surface area (Å²) in [6, 6.07) is 3.91. The van der Waals surface area contributed by atoms with Gasteiger partial charge < -0.3 is 10.2 Å². The van der Waals surface area contributed by atoms with Crippen LogP contribution in [-0.2, 0) is 0 Å². The Morgan fingerprint density at radius 3 is 2.68 bits per heavy atom. The lowest BCUT2D eigenvalue weighted by atomic mass is 10.0. The Balaban J connectivity index is 2.13. The van der Waals surface area contributed by atoms with E-state index in [9.17, 15) is 8.78 Å². The molecule has 0 amide bonds. The molecule has 102 valence electrons. The van der Waals surface area contributed by atoms with Gasteiger partial charge in [-0.05, 0) is 38.1 Å². The zero-order chi connectivity index (χ0) is 13.8. The second-order valence-corrected chi connectivity index (χ2v) is 4.80. The van der Waals surface area contributed by atoms with Crippen molar-refractivity contribution in [1.82, 2.24) is 4.90 Å². The van der Waals surface area contributed by atoms with Gasteiger partial charge in [-0.2, -0.15) is 5.26 Å². The van der Waals surface area contributed by atoms with Gasteiger partial charge in [-0.25, -0.2) is 8.78 Å². The predicted molar refractivity (Wildman–Crippen MR) is 69.8 cm³/mol. The number of likely N-dealkylation sites (N-methyl/N-ethyl adjacent to an activating group) is 1. The van der Waals surface area contributed by atoms with Crippen molar-refractivity contribution in [3.05, 3.63) is 29.3 Å². The molecule has 3 nitrogen and oxygen atoms in total. The Hall–Kier alpha value is -1.67. The van der Waals surface area contributed by atoms with Crippen molar-refractivity contribution in [2.24, 2.45) is 0 Å². The lowest BCUT2D eigenvalue weighted by Gasteiger charge is -2.33. The summed E-state index contributed by atoms with van der Waals surface area (Å²) >= 11 is 0. The van der Waals surface area contributed by atoms with E-state index < -0.39 is 11.6 Å². The highest BCUT2D eigenvalue weighted by molar-refractivity contribution is 5.51. The topological polar surface area (TPSA) is 39.1 Å². The number of hydrogen-bond donors (Lipinski definition) is 1. The summed E-state index contributed by atoms with van der Waals surface area (Å²) in [6.07, 6.45) is 1.92. The molecule has 1 N–H and O–H groups in total. The van der Waals surface area contributed by atoms with Crippen LogP contribution in [0.15, 0.2) is 12.1 Å². The van der Waals surface area contributed by atoms with Gasteiger partial charge in [0.2, 0.25) is 0 Å². The molecule has 19 heavy (non-hydrogen) atoms. The summed E-state index contributed by atoms with van der Waals surface area (Å²) < 4.78 is 27.5. The molecule has 1 heterocycles. The Labute approximate surface area is 111 Å². The SMILES string of the molecule is CCN1CCCC(Nc2c(F)cc(C#N)cc2F)C1. The monoisotopic (exact) mass is 265 g/mol. The minimum Gasteiger partial charge on any atom is -0.376 e. The number of nitrogens with zero attached hydrogens (tertiary/aromatic N) is 2. The van der Waals surface area contributed by atoms with E-state index in [1.165, 1.54) is 0 Å². The molecule has 1 aliphatic heterocycles. The van der Waals surface area contributed by atoms with Crippen LogP contribution in [0.3, 0.4) is 0 Å². The number of benzene rings is 1. The van der Waals surface area contributed by atoms with E-state index in [0.717, 1.165) is 44.6 Å². The Kier molecular flexibility index (Phi) is 4.33. The molecule has 0 saturated carbocycles. The molecule has 1 saturated heterocycles. The van der Waals surface area contributed by atoms with E-state index >= 15 is 0 Å². The molecule has 0 aliphatic carbocycles. The van der Waals surface area contributed by atoms with Crippen LogP contribution in [-0.4, -0.2) is 30.6 Å². The molecule has 1 unspecified atom stereocenters. The number of nitriles is 1. The van der Waals surface area contributed by atoms with Crippen molar-refractivity contribution in [2.45, 2.75) is 25.8 Å². The van der Waals surface area contributed by atoms with Gasteiger partial charge in [0.15, 0.2) is 11.6 Å². The molecular weight excluding hydrogens is 248 g/mol. The molecule has 1 aliphatic rings. The average molecular weight is 265 g/mol. The van der Waals surface area contributed by atoms with Gasteiger partial charge in [-0.15, -0.1) is 0 Å². The van der Waals surface area contributed by atoms with E-state index in [0.29, 0.717) is 0 Å². The molecule has 1 fully saturated rings. The number of anilines is 1. The summed E-state index contributed by atoms with van der Waals surface area (Å²) in [6.45, 7) is 4.84. The number of rotatable bonds is 3. The summed E-state index contributed by atoms with van der Waals surface area (Å²) in [5, 5.41) is 11.6. The third kappa shape index (κ3) is 3.21. The average Bonchev–Trinajstić information content (AvgIpc) is 2.42. The van der Waals surface area contributed by atoms with Crippen LogP contribution in [0.2, 0.25) is 0 Å². The molecule has 0 spiro atoms. The second kappa shape index (κ2) is 5.98. The van der Waals surface area contributed by atoms with Crippen LogP contribution in [0.1, 0.15) is 25.3 Å². The van der Waals surface area contributed by atoms with Crippen LogP contribution < -0.4 is 5.32 Å². The zero-order valence-corrected chi connectivity index (χ0v) is 10.9. The maximum Gasteiger partial charge on any atom is 0.150 e. The molecule has 5 heteroatoms. The third-order valence-corrected chi connectivity index (χ3v) is 3.47. The largest absolute Gasteiger partial charge is 0.376 e. The summed E-state index contributed by atoms with van der Waals surface area (Å²) in [4.78, 5) is 2.25. The highest BCUT2D eigenvalue weighted by atomic mass is 19.1. The van der Waals surface area contributed by atoms with Crippen molar-refractivity contribution < 1.29 is 8.78 Å². The van der Waals surface area contributed by atoms with Gasteiger partial charge in [-0.1, -0.05) is 6.92 Å². The first-order valence-electron chi connectivity index (χ1n) is 6.52. The molecule has 1 aromatic rings. The first-order chi connectivity index (χ1) is 9.13. The van der Waals surface area contributed by atoms with Crippen molar-refractivity contribution in [3.8, 4) is 6.07 Å². The number of halogens is 2. The minimum absolute atomic E-state index is 0.000575. The van der Waals surface area contributed by atoms with Gasteiger partial charge in [0.25, 0.3) is 0 Å². The Bertz CT molecular complexity index is 473. The first kappa shape index (κ1) is 13.8. The van der Waals surface area contributed by atoms with Gasteiger partial charge >= 0.3 is 0 Å². The van der Waals surface area contributed by atoms with Crippen molar-refractivity contribution in [3.63, 3.8) is 0 Å². The smallest absolute Gasteiger partial charge is 0.150 e. The molecule has 0 aromatic heterocycles. The lowest BCUT2D eigenvalue weighted by Crippen LogP contribution is -2.42. The van der Waals surface area contributed by atoms with E-state index in [-0.39, 0.29) is 17.3 Å². The highest BCUT2D eigenvalue weighted by Gasteiger charge is 2.21. The van der Waals surface area contributed by atoms with Crippen molar-refractivity contribution in [1.29, 1.82) is 5.26 Å². The normalized spacial score (nSPS) is 20.0. The summed E-state index contributed by atoms with van der Waals surface area (Å²) in [5.41, 5.74) is -0.124. The fourth-order valence-electron chi connectivity index (χ4n) is 2.44. The third-order valence-electron chi connectivity index (χ3n) is 3.47. The number of nitrogens with one attached hydrogen (secondary N) is 1. The Morgan fingerprint density at radius 1 is 1.42 bits per heavy atom. The van der Waals surface area contributed by atoms with Gasteiger partial charge in [-0.3, -0.25) is 0 Å². The Morgan fingerprint density at radius 2 is 2.11 bits per heavy atom. The number of piperidine rings is 1. The molecule has 2 rings (SSSR count). The van der Waals surface area contributed by atoms with Crippen LogP contribution >= 0.6 is 0 Å². The minimum atomic E-state index is -0.704. The second-order valence-electron chi connectivity index (χ2n) is 4.80. The van der Waals surface area contributed by atoms with E-state index in [1.807, 2.05) is 0 Å². The number of likely N-dealkylation sites (tertiary alicyclic amines) is 1. The van der Waals surface area contributed by atoms with E-state index in [1.54, 1.807) is 6.07 Å². The predicted octanol–water partition coefficient (Wildman–Crippen LogP) is 2.73.